The van der Waals surface area contributed by atoms with Crippen LogP contribution in [0, 0.1) is 0 Å². The van der Waals surface area contributed by atoms with E-state index in [9.17, 15) is 14.3 Å². The molecule has 0 N–H and O–H groups in total. The summed E-state index contributed by atoms with van der Waals surface area (Å²) in [5.41, 5.74) is 0. The second kappa shape index (κ2) is 32.4. The molecule has 0 fully saturated rings. The van der Waals surface area contributed by atoms with Gasteiger partial charge in [0.05, 0.1) is 34.4 Å². The summed E-state index contributed by atoms with van der Waals surface area (Å²) in [7, 11) is 1.36. The molecule has 9 heteroatoms. The van der Waals surface area contributed by atoms with Gasteiger partial charge in [-0.2, -0.15) is 0 Å². The van der Waals surface area contributed by atoms with Gasteiger partial charge < -0.3 is 27.9 Å². The highest BCUT2D eigenvalue weighted by molar-refractivity contribution is 7.45. The summed E-state index contributed by atoms with van der Waals surface area (Å²) in [4.78, 5) is 24.9. The van der Waals surface area contributed by atoms with Crippen molar-refractivity contribution in [2.24, 2.45) is 0 Å². The molecule has 2 unspecified atom stereocenters. The highest BCUT2D eigenvalue weighted by Gasteiger charge is 2.20. The molecule has 0 aliphatic carbocycles. The summed E-state index contributed by atoms with van der Waals surface area (Å²) in [5, 5.41) is 0. The first-order chi connectivity index (χ1) is 22.6. The molecule has 0 heterocycles. The van der Waals surface area contributed by atoms with Crippen LogP contribution < -0.4 is 4.89 Å². The van der Waals surface area contributed by atoms with Crippen LogP contribution in [-0.4, -0.2) is 70.7 Å². The lowest BCUT2D eigenvalue weighted by Crippen LogP contribution is -2.37. The van der Waals surface area contributed by atoms with Crippen molar-refractivity contribution >= 4 is 13.8 Å². The Labute approximate surface area is 290 Å². The number of ether oxygens (including phenoxy) is 2. The van der Waals surface area contributed by atoms with Gasteiger partial charge in [0.2, 0.25) is 0 Å². The molecule has 0 spiro atoms. The minimum atomic E-state index is -4.51. The van der Waals surface area contributed by atoms with Crippen LogP contribution >= 0.6 is 7.82 Å². The normalized spacial score (nSPS) is 14.1. The summed E-state index contributed by atoms with van der Waals surface area (Å²) >= 11 is 0. The van der Waals surface area contributed by atoms with Crippen LogP contribution in [0.25, 0.3) is 0 Å². The molecule has 0 saturated heterocycles. The van der Waals surface area contributed by atoms with E-state index >= 15 is 0 Å². The number of carbonyl (C=O) groups excluding carboxylic acids is 1. The van der Waals surface area contributed by atoms with Gasteiger partial charge in [-0.25, -0.2) is 0 Å². The fourth-order valence-electron chi connectivity index (χ4n) is 5.25. The van der Waals surface area contributed by atoms with E-state index in [0.29, 0.717) is 24.1 Å². The van der Waals surface area contributed by atoms with E-state index in [2.05, 4.69) is 26.0 Å². The first-order valence-electron chi connectivity index (χ1n) is 19.4. The number of hydrogen-bond donors (Lipinski definition) is 0. The van der Waals surface area contributed by atoms with E-state index in [1.807, 2.05) is 21.1 Å². The molecular formula is C38H76NO7P. The van der Waals surface area contributed by atoms with Gasteiger partial charge in [0, 0.05) is 13.0 Å². The van der Waals surface area contributed by atoms with Gasteiger partial charge in [0.15, 0.2) is 0 Å². The summed E-state index contributed by atoms with van der Waals surface area (Å²) < 4.78 is 34.4. The van der Waals surface area contributed by atoms with Gasteiger partial charge in [-0.05, 0) is 32.1 Å². The van der Waals surface area contributed by atoms with Crippen molar-refractivity contribution in [1.82, 2.24) is 0 Å². The lowest BCUT2D eigenvalue weighted by atomic mass is 10.0. The Hall–Kier alpha value is -0.760. The third kappa shape index (κ3) is 36.3. The molecule has 0 aliphatic heterocycles. The number of carbonyl (C=O) groups is 1. The molecule has 0 aromatic rings. The lowest BCUT2D eigenvalue weighted by molar-refractivity contribution is -0.870. The summed E-state index contributed by atoms with van der Waals surface area (Å²) in [5.74, 6) is -0.336. The maximum atomic E-state index is 12.6. The van der Waals surface area contributed by atoms with Crippen LogP contribution in [0.15, 0.2) is 12.2 Å². The highest BCUT2D eigenvalue weighted by atomic mass is 31.2. The number of hydrogen-bond acceptors (Lipinski definition) is 7. The molecule has 2 atom stereocenters. The Morgan fingerprint density at radius 1 is 0.638 bits per heavy atom. The molecule has 280 valence electrons. The quantitative estimate of drug-likeness (QED) is 0.0212. The van der Waals surface area contributed by atoms with E-state index in [-0.39, 0.29) is 25.8 Å². The Kier molecular flexibility index (Phi) is 31.9. The second-order valence-electron chi connectivity index (χ2n) is 14.3. The van der Waals surface area contributed by atoms with Crippen molar-refractivity contribution in [3.63, 3.8) is 0 Å². The Morgan fingerprint density at radius 3 is 1.70 bits per heavy atom. The highest BCUT2D eigenvalue weighted by Crippen LogP contribution is 2.38. The fourth-order valence-corrected chi connectivity index (χ4v) is 5.98. The van der Waals surface area contributed by atoms with Crippen molar-refractivity contribution < 1.29 is 37.3 Å². The predicted molar refractivity (Wildman–Crippen MR) is 194 cm³/mol. The molecule has 0 radical (unpaired) electrons. The molecule has 47 heavy (non-hydrogen) atoms. The largest absolute Gasteiger partial charge is 0.756 e. The average molecular weight is 690 g/mol. The predicted octanol–water partition coefficient (Wildman–Crippen LogP) is 10.1. The van der Waals surface area contributed by atoms with Gasteiger partial charge in [0.25, 0.3) is 7.82 Å². The van der Waals surface area contributed by atoms with Gasteiger partial charge in [-0.15, -0.1) is 0 Å². The van der Waals surface area contributed by atoms with Crippen molar-refractivity contribution in [1.29, 1.82) is 0 Å². The number of allylic oxidation sites excluding steroid dienone is 2. The van der Waals surface area contributed by atoms with Crippen molar-refractivity contribution in [2.75, 3.05) is 54.1 Å². The number of likely N-dealkylation sites (N-methyl/N-ethyl adjacent to an activating group) is 1. The number of nitrogens with zero attached hydrogens (tertiary/aromatic N) is 1. The monoisotopic (exact) mass is 690 g/mol. The number of unbranched alkanes of at least 4 members (excludes halogenated alkanes) is 20. The zero-order chi connectivity index (χ0) is 34.9. The van der Waals surface area contributed by atoms with Crippen LogP contribution in [0.1, 0.15) is 168 Å². The van der Waals surface area contributed by atoms with Crippen molar-refractivity contribution in [3.05, 3.63) is 12.2 Å². The van der Waals surface area contributed by atoms with Crippen molar-refractivity contribution in [3.8, 4) is 0 Å². The van der Waals surface area contributed by atoms with Crippen LogP contribution in [0.2, 0.25) is 0 Å². The summed E-state index contributed by atoms with van der Waals surface area (Å²) in [6, 6.07) is 0. The van der Waals surface area contributed by atoms with Gasteiger partial charge in [0.1, 0.15) is 19.3 Å². The summed E-state index contributed by atoms with van der Waals surface area (Å²) in [6.07, 6.45) is 32.1. The molecule has 0 rings (SSSR count). The first-order valence-corrected chi connectivity index (χ1v) is 20.9. The summed E-state index contributed by atoms with van der Waals surface area (Å²) in [6.45, 7) is 5.35. The molecule has 8 nitrogen and oxygen atoms in total. The minimum absolute atomic E-state index is 0.0277. The van der Waals surface area contributed by atoms with Crippen LogP contribution in [0.5, 0.6) is 0 Å². The van der Waals surface area contributed by atoms with E-state index in [1.54, 1.807) is 0 Å². The van der Waals surface area contributed by atoms with E-state index in [4.69, 9.17) is 18.5 Å². The maximum absolute atomic E-state index is 12.6. The zero-order valence-electron chi connectivity index (χ0n) is 31.5. The Balaban J connectivity index is 4.27. The average Bonchev–Trinajstić information content (AvgIpc) is 3.01. The Morgan fingerprint density at radius 2 is 1.15 bits per heavy atom. The van der Waals surface area contributed by atoms with Gasteiger partial charge in [-0.3, -0.25) is 9.36 Å². The molecule has 0 saturated carbocycles. The molecule has 0 aromatic heterocycles. The Bertz CT molecular complexity index is 772. The number of phosphoric ester groups is 1. The molecular weight excluding hydrogens is 613 g/mol. The smallest absolute Gasteiger partial charge is 0.306 e. The maximum Gasteiger partial charge on any atom is 0.306 e. The zero-order valence-corrected chi connectivity index (χ0v) is 32.4. The first kappa shape index (κ1) is 46.2. The third-order valence-corrected chi connectivity index (χ3v) is 9.26. The topological polar surface area (TPSA) is 94.1 Å². The second-order valence-corrected chi connectivity index (χ2v) is 15.7. The van der Waals surface area contributed by atoms with Crippen molar-refractivity contribution in [2.45, 2.75) is 174 Å². The molecule has 0 aliphatic rings. The molecule has 0 amide bonds. The fraction of sp³-hybridized carbons (Fsp3) is 0.921. The SMILES string of the molecule is CCC/C=C\CCCCCCCCOCC(COP(=O)([O-])OCC[N+](C)(C)C)OC(=O)CCCCCCCCCCCCCCCC. The van der Waals surface area contributed by atoms with E-state index < -0.39 is 13.9 Å². The number of quaternary nitrogens is 1. The van der Waals surface area contributed by atoms with E-state index in [0.717, 1.165) is 32.1 Å². The van der Waals surface area contributed by atoms with Gasteiger partial charge >= 0.3 is 5.97 Å². The van der Waals surface area contributed by atoms with Crippen LogP contribution in [-0.2, 0) is 27.9 Å². The number of rotatable bonds is 36. The van der Waals surface area contributed by atoms with Crippen LogP contribution in [0.3, 0.4) is 0 Å². The van der Waals surface area contributed by atoms with Gasteiger partial charge in [-0.1, -0.05) is 142 Å². The third-order valence-electron chi connectivity index (χ3n) is 8.30. The van der Waals surface area contributed by atoms with Crippen LogP contribution in [0.4, 0.5) is 0 Å². The molecule has 0 bridgehead atoms. The standard InChI is InChI=1S/C38H76NO7P/c1-6-8-10-12-14-16-18-19-20-21-23-25-27-29-31-38(40)46-37(36-45-47(41,42)44-34-32-39(3,4)5)35-43-33-30-28-26-24-22-17-15-13-11-9-7-2/h11,13,37H,6-10,12,14-36H2,1-5H3/b13-11-. The number of esters is 1. The van der Waals surface area contributed by atoms with E-state index in [1.165, 1.54) is 116 Å². The number of phosphoric acid groups is 1. The lowest BCUT2D eigenvalue weighted by Gasteiger charge is -2.28. The minimum Gasteiger partial charge on any atom is -0.756 e. The molecule has 0 aromatic carbocycles.